The van der Waals surface area contributed by atoms with E-state index in [9.17, 15) is 0 Å². The molecule has 7 heteroatoms. The normalized spacial score (nSPS) is 43.8. The molecule has 0 spiro atoms. The molecule has 0 aromatic carbocycles. The van der Waals surface area contributed by atoms with Crippen LogP contribution in [-0.2, 0) is 0 Å². The molecule has 0 aromatic rings. The van der Waals surface area contributed by atoms with Gasteiger partial charge in [-0.3, -0.25) is 7.94 Å². The van der Waals surface area contributed by atoms with Crippen molar-refractivity contribution in [1.29, 1.82) is 0 Å². The van der Waals surface area contributed by atoms with Crippen molar-refractivity contribution in [3.05, 3.63) is 0 Å². The van der Waals surface area contributed by atoms with Gasteiger partial charge in [-0.25, -0.2) is 0 Å². The van der Waals surface area contributed by atoms with E-state index in [2.05, 4.69) is 71.3 Å². The first kappa shape index (κ1) is 13.7. The molecular formula is C8H26N4SSi2. The zero-order chi connectivity index (χ0) is 12.0. The maximum atomic E-state index is 2.69. The summed E-state index contributed by atoms with van der Waals surface area (Å²) in [6, 6.07) is 0. The Morgan fingerprint density at radius 3 is 2.07 bits per heavy atom. The average Bonchev–Trinajstić information content (AvgIpc) is 2.20. The Labute approximate surface area is 100 Å². The molecule has 0 aromatic heterocycles. The molecule has 3 atom stereocenters. The van der Waals surface area contributed by atoms with Gasteiger partial charge < -0.3 is 8.80 Å². The lowest BCUT2D eigenvalue weighted by Gasteiger charge is -2.60. The van der Waals surface area contributed by atoms with E-state index in [1.165, 1.54) is 0 Å². The van der Waals surface area contributed by atoms with Crippen molar-refractivity contribution in [2.45, 2.75) is 13.1 Å². The van der Waals surface area contributed by atoms with Gasteiger partial charge in [0.2, 0.25) is 0 Å². The largest absolute Gasteiger partial charge is 0.313 e. The summed E-state index contributed by atoms with van der Waals surface area (Å²) >= 11 is -0.0936. The van der Waals surface area contributed by atoms with E-state index in [1.54, 1.807) is 0 Å². The molecule has 0 N–H and O–H groups in total. The fourth-order valence-electron chi connectivity index (χ4n) is 2.17. The molecule has 1 saturated heterocycles. The minimum absolute atomic E-state index is 0.0936. The fourth-order valence-corrected chi connectivity index (χ4v) is 16.7. The van der Waals surface area contributed by atoms with Gasteiger partial charge in [-0.2, -0.15) is 11.3 Å². The molecule has 1 aliphatic rings. The standard InChI is InChI=1S/C8H26N4SSi2/c1-9(2)15(8)11(4)13(6)10(3)14(7)12(15)5/h13-14H,1-8H3. The maximum Gasteiger partial charge on any atom is 0.288 e. The highest BCUT2D eigenvalue weighted by Crippen LogP contribution is 2.40. The summed E-state index contributed by atoms with van der Waals surface area (Å²) in [5.41, 5.74) is 0. The molecule has 1 fully saturated rings. The second-order valence-corrected chi connectivity index (χ2v) is 15.3. The van der Waals surface area contributed by atoms with Crippen LogP contribution in [0.25, 0.3) is 0 Å². The van der Waals surface area contributed by atoms with Crippen molar-refractivity contribution < 1.29 is 0 Å². The Bertz CT molecular complexity index is 225. The maximum absolute atomic E-state index is 2.69. The van der Waals surface area contributed by atoms with Crippen molar-refractivity contribution >= 4 is 28.9 Å². The summed E-state index contributed by atoms with van der Waals surface area (Å²) in [4.78, 5) is 0. The van der Waals surface area contributed by atoms with Crippen LogP contribution in [0.15, 0.2) is 0 Å². The molecule has 0 bridgehead atoms. The zero-order valence-electron chi connectivity index (χ0n) is 11.3. The number of hydrogen-bond acceptors (Lipinski definition) is 4. The van der Waals surface area contributed by atoms with Gasteiger partial charge in [0.05, 0.1) is 0 Å². The number of rotatable bonds is 1. The SMILES string of the molecule is CN1[SiH](C)N(C)[Si](C)(N(C)C)N(C)[SH]1C. The van der Waals surface area contributed by atoms with Gasteiger partial charge in [0.1, 0.15) is 0 Å². The van der Waals surface area contributed by atoms with Gasteiger partial charge in [0, 0.05) is 0 Å². The second kappa shape index (κ2) is 4.48. The fraction of sp³-hybridized carbons (Fsp3) is 1.00. The highest BCUT2D eigenvalue weighted by atomic mass is 32.2. The third kappa shape index (κ3) is 1.94. The quantitative estimate of drug-likeness (QED) is 0.539. The van der Waals surface area contributed by atoms with Gasteiger partial charge in [0.25, 0.3) is 8.56 Å². The number of nitrogens with zero attached hydrogens (tertiary/aromatic N) is 4. The Hall–Kier alpha value is 0.624. The van der Waals surface area contributed by atoms with Crippen LogP contribution in [0, 0.1) is 0 Å². The molecule has 4 nitrogen and oxygen atoms in total. The molecule has 1 heterocycles. The Morgan fingerprint density at radius 2 is 1.67 bits per heavy atom. The second-order valence-electron chi connectivity index (χ2n) is 4.69. The number of thiol groups is 1. The Morgan fingerprint density at radius 1 is 1.20 bits per heavy atom. The lowest BCUT2D eigenvalue weighted by molar-refractivity contribution is 0.447. The van der Waals surface area contributed by atoms with E-state index >= 15 is 0 Å². The highest BCUT2D eigenvalue weighted by Gasteiger charge is 2.49. The van der Waals surface area contributed by atoms with Crippen LogP contribution in [-0.4, -0.2) is 75.9 Å². The van der Waals surface area contributed by atoms with E-state index in [4.69, 9.17) is 0 Å². The lowest BCUT2D eigenvalue weighted by Crippen LogP contribution is -2.77. The molecule has 1 rings (SSSR count). The minimum Gasteiger partial charge on any atom is -0.313 e. The van der Waals surface area contributed by atoms with Crippen LogP contribution in [0.3, 0.4) is 0 Å². The molecule has 0 amide bonds. The van der Waals surface area contributed by atoms with Gasteiger partial charge in [-0.05, 0) is 54.6 Å². The topological polar surface area (TPSA) is 13.0 Å². The summed E-state index contributed by atoms with van der Waals surface area (Å²) in [6.45, 7) is 4.91. The van der Waals surface area contributed by atoms with E-state index in [0.717, 1.165) is 0 Å². The highest BCUT2D eigenvalue weighted by molar-refractivity contribution is 8.14. The molecule has 0 aliphatic carbocycles. The Kier molecular flexibility index (Phi) is 4.08. The van der Waals surface area contributed by atoms with Crippen molar-refractivity contribution in [1.82, 2.24) is 16.7 Å². The van der Waals surface area contributed by atoms with Gasteiger partial charge in [-0.1, -0.05) is 0 Å². The van der Waals surface area contributed by atoms with Crippen LogP contribution in [0.4, 0.5) is 0 Å². The third-order valence-corrected chi connectivity index (χ3v) is 19.0. The van der Waals surface area contributed by atoms with Crippen LogP contribution >= 0.6 is 11.3 Å². The van der Waals surface area contributed by atoms with Crippen LogP contribution in [0.2, 0.25) is 13.1 Å². The first-order valence-electron chi connectivity index (χ1n) is 5.35. The smallest absolute Gasteiger partial charge is 0.288 e. The third-order valence-electron chi connectivity index (χ3n) is 4.12. The molecule has 0 radical (unpaired) electrons. The number of hydrogen-bond donors (Lipinski definition) is 1. The van der Waals surface area contributed by atoms with Gasteiger partial charge in [-0.15, -0.1) is 0 Å². The molecule has 3 unspecified atom stereocenters. The predicted molar refractivity (Wildman–Crippen MR) is 76.5 cm³/mol. The Balaban J connectivity index is 3.07. The monoisotopic (exact) mass is 266 g/mol. The lowest BCUT2D eigenvalue weighted by atomic mass is 11.3. The summed E-state index contributed by atoms with van der Waals surface area (Å²) in [6.07, 6.45) is 2.39. The van der Waals surface area contributed by atoms with Crippen LogP contribution in [0.5, 0.6) is 0 Å². The first-order chi connectivity index (χ1) is 6.74. The van der Waals surface area contributed by atoms with Gasteiger partial charge >= 0.3 is 0 Å². The van der Waals surface area contributed by atoms with Crippen molar-refractivity contribution in [2.75, 3.05) is 41.5 Å². The molecular weight excluding hydrogens is 240 g/mol. The van der Waals surface area contributed by atoms with E-state index in [1.807, 2.05) is 0 Å². The molecule has 92 valence electrons. The molecule has 1 aliphatic heterocycles. The summed E-state index contributed by atoms with van der Waals surface area (Å²) in [5, 5.41) is 0. The van der Waals surface area contributed by atoms with E-state index < -0.39 is 17.7 Å². The van der Waals surface area contributed by atoms with Crippen molar-refractivity contribution in [2.24, 2.45) is 0 Å². The van der Waals surface area contributed by atoms with E-state index in [-0.39, 0.29) is 11.3 Å². The molecule has 15 heavy (non-hydrogen) atoms. The summed E-state index contributed by atoms with van der Waals surface area (Å²) in [7, 11) is 8.94. The van der Waals surface area contributed by atoms with Gasteiger partial charge in [0.15, 0.2) is 9.12 Å². The summed E-state index contributed by atoms with van der Waals surface area (Å²) < 4.78 is 10.4. The van der Waals surface area contributed by atoms with E-state index in [0.29, 0.717) is 0 Å². The first-order valence-corrected chi connectivity index (χ1v) is 11.6. The zero-order valence-corrected chi connectivity index (χ0v) is 14.4. The van der Waals surface area contributed by atoms with Crippen molar-refractivity contribution in [3.8, 4) is 0 Å². The van der Waals surface area contributed by atoms with Crippen LogP contribution < -0.4 is 0 Å². The summed E-state index contributed by atoms with van der Waals surface area (Å²) in [5.74, 6) is 0. The molecule has 0 saturated carbocycles. The predicted octanol–water partition coefficient (Wildman–Crippen LogP) is 0.237. The minimum atomic E-state index is -1.54. The van der Waals surface area contributed by atoms with Crippen LogP contribution in [0.1, 0.15) is 0 Å². The average molecular weight is 267 g/mol. The van der Waals surface area contributed by atoms with Crippen molar-refractivity contribution in [3.63, 3.8) is 0 Å².